The zero-order valence-corrected chi connectivity index (χ0v) is 13.0. The summed E-state index contributed by atoms with van der Waals surface area (Å²) in [5.74, 6) is 1.91. The van der Waals surface area contributed by atoms with Crippen LogP contribution in [-0.4, -0.2) is 49.7 Å². The van der Waals surface area contributed by atoms with Crippen LogP contribution in [0.1, 0.15) is 6.42 Å². The van der Waals surface area contributed by atoms with Gasteiger partial charge in [0.05, 0.1) is 17.1 Å². The highest BCUT2D eigenvalue weighted by Gasteiger charge is 2.45. The number of piperazine rings is 1. The zero-order chi connectivity index (χ0) is 15.4. The second-order valence-electron chi connectivity index (χ2n) is 6.00. The Morgan fingerprint density at radius 3 is 2.74 bits per heavy atom. The minimum absolute atomic E-state index is 0.424. The van der Waals surface area contributed by atoms with Gasteiger partial charge in [0, 0.05) is 31.7 Å². The van der Waals surface area contributed by atoms with Gasteiger partial charge in [0.25, 0.3) is 0 Å². The van der Waals surface area contributed by atoms with Gasteiger partial charge < -0.3 is 9.80 Å². The van der Waals surface area contributed by atoms with E-state index in [1.54, 1.807) is 18.7 Å². The van der Waals surface area contributed by atoms with Crippen LogP contribution in [-0.2, 0) is 0 Å². The second-order valence-corrected chi connectivity index (χ2v) is 6.43. The lowest BCUT2D eigenvalue weighted by Gasteiger charge is -2.35. The molecule has 2 aliphatic heterocycles. The molecule has 7 nitrogen and oxygen atoms in total. The van der Waals surface area contributed by atoms with Gasteiger partial charge >= 0.3 is 0 Å². The van der Waals surface area contributed by atoms with Gasteiger partial charge in [-0.15, -0.1) is 10.2 Å². The van der Waals surface area contributed by atoms with Crippen molar-refractivity contribution < 1.29 is 0 Å². The van der Waals surface area contributed by atoms with Crippen molar-refractivity contribution in [2.45, 2.75) is 18.5 Å². The summed E-state index contributed by atoms with van der Waals surface area (Å²) in [4.78, 5) is 13.7. The van der Waals surface area contributed by atoms with Crippen molar-refractivity contribution in [3.8, 4) is 0 Å². The van der Waals surface area contributed by atoms with Gasteiger partial charge in [-0.25, -0.2) is 9.97 Å². The summed E-state index contributed by atoms with van der Waals surface area (Å²) >= 11 is 5.93. The molecule has 0 amide bonds. The van der Waals surface area contributed by atoms with E-state index >= 15 is 0 Å². The van der Waals surface area contributed by atoms with Crippen LogP contribution in [0.4, 0.5) is 11.6 Å². The highest BCUT2D eigenvalue weighted by atomic mass is 35.5. The number of pyridine rings is 1. The van der Waals surface area contributed by atoms with Crippen molar-refractivity contribution >= 4 is 28.9 Å². The van der Waals surface area contributed by atoms with Gasteiger partial charge in [-0.3, -0.25) is 4.40 Å². The van der Waals surface area contributed by atoms with E-state index in [-0.39, 0.29) is 0 Å². The molecule has 3 aromatic rings. The molecule has 5 heterocycles. The monoisotopic (exact) mass is 327 g/mol. The molecule has 0 radical (unpaired) electrons. The van der Waals surface area contributed by atoms with E-state index in [0.29, 0.717) is 17.1 Å². The van der Waals surface area contributed by atoms with Crippen molar-refractivity contribution in [3.63, 3.8) is 0 Å². The Labute approximate surface area is 137 Å². The number of hydrogen-bond acceptors (Lipinski definition) is 6. The third-order valence-electron chi connectivity index (χ3n) is 4.72. The van der Waals surface area contributed by atoms with Crippen LogP contribution in [0.25, 0.3) is 5.65 Å². The first-order valence-corrected chi connectivity index (χ1v) is 7.96. The number of rotatable bonds is 2. The van der Waals surface area contributed by atoms with Crippen LogP contribution in [0.15, 0.2) is 37.1 Å². The van der Waals surface area contributed by atoms with E-state index < -0.39 is 0 Å². The zero-order valence-electron chi connectivity index (χ0n) is 12.2. The standard InChI is InChI=1S/C15H14ClN7/c16-10-1-2-13(18-6-10)22-7-12-5-11(22)8-23(12)14-15-20-19-9-21(15)4-3-17-14/h1-4,6,9,11-12H,5,7-8H2. The lowest BCUT2D eigenvalue weighted by Crippen LogP contribution is -2.47. The molecule has 2 saturated heterocycles. The van der Waals surface area contributed by atoms with Crippen LogP contribution >= 0.6 is 11.6 Å². The van der Waals surface area contributed by atoms with Crippen LogP contribution in [0, 0.1) is 0 Å². The first-order valence-electron chi connectivity index (χ1n) is 7.59. The van der Waals surface area contributed by atoms with Crippen molar-refractivity contribution in [2.75, 3.05) is 22.9 Å². The van der Waals surface area contributed by atoms with Crippen LogP contribution < -0.4 is 9.80 Å². The second kappa shape index (κ2) is 4.79. The molecular formula is C15H14ClN7. The summed E-state index contributed by atoms with van der Waals surface area (Å²) in [6.07, 6.45) is 8.20. The van der Waals surface area contributed by atoms with Crippen molar-refractivity contribution in [1.82, 2.24) is 24.6 Å². The molecule has 2 fully saturated rings. The van der Waals surface area contributed by atoms with Gasteiger partial charge in [0.15, 0.2) is 5.82 Å². The Hall–Kier alpha value is -2.41. The fourth-order valence-corrected chi connectivity index (χ4v) is 3.80. The van der Waals surface area contributed by atoms with Crippen LogP contribution in [0.3, 0.4) is 0 Å². The van der Waals surface area contributed by atoms with Crippen LogP contribution in [0.5, 0.6) is 0 Å². The fraction of sp³-hybridized carbons (Fsp3) is 0.333. The highest BCUT2D eigenvalue weighted by molar-refractivity contribution is 6.30. The molecule has 0 spiro atoms. The van der Waals surface area contributed by atoms with E-state index in [4.69, 9.17) is 11.6 Å². The van der Waals surface area contributed by atoms with Crippen molar-refractivity contribution in [2.24, 2.45) is 0 Å². The Bertz CT molecular complexity index is 862. The summed E-state index contributed by atoms with van der Waals surface area (Å²) in [6.45, 7) is 1.87. The third-order valence-corrected chi connectivity index (χ3v) is 4.94. The van der Waals surface area contributed by atoms with Gasteiger partial charge in [-0.05, 0) is 18.6 Å². The summed E-state index contributed by atoms with van der Waals surface area (Å²) in [5.41, 5.74) is 0.816. The molecule has 5 rings (SSSR count). The average Bonchev–Trinajstić information content (AvgIpc) is 3.29. The molecule has 0 N–H and O–H groups in total. The summed E-state index contributed by atoms with van der Waals surface area (Å²) in [5, 5.41) is 8.85. The van der Waals surface area contributed by atoms with Crippen LogP contribution in [0.2, 0.25) is 5.02 Å². The Kier molecular flexibility index (Phi) is 2.72. The number of halogens is 1. The number of fused-ring (bicyclic) bond motifs is 3. The maximum Gasteiger partial charge on any atom is 0.203 e. The first-order chi connectivity index (χ1) is 11.3. The lowest BCUT2D eigenvalue weighted by atomic mass is 10.2. The van der Waals surface area contributed by atoms with Gasteiger partial charge in [-0.2, -0.15) is 0 Å². The normalized spacial score (nSPS) is 23.2. The number of hydrogen-bond donors (Lipinski definition) is 0. The quantitative estimate of drug-likeness (QED) is 0.713. The smallest absolute Gasteiger partial charge is 0.203 e. The molecule has 0 aromatic carbocycles. The molecule has 23 heavy (non-hydrogen) atoms. The topological polar surface area (TPSA) is 62.5 Å². The molecular weight excluding hydrogens is 314 g/mol. The lowest BCUT2D eigenvalue weighted by molar-refractivity contribution is 0.635. The molecule has 2 atom stereocenters. The fourth-order valence-electron chi connectivity index (χ4n) is 3.69. The van der Waals surface area contributed by atoms with Gasteiger partial charge in [-0.1, -0.05) is 11.6 Å². The molecule has 2 unspecified atom stereocenters. The van der Waals surface area contributed by atoms with Crippen molar-refractivity contribution in [3.05, 3.63) is 42.1 Å². The first kappa shape index (κ1) is 13.1. The minimum Gasteiger partial charge on any atom is -0.350 e. The molecule has 0 aliphatic carbocycles. The van der Waals surface area contributed by atoms with E-state index in [0.717, 1.165) is 36.8 Å². The number of nitrogens with zero attached hydrogens (tertiary/aromatic N) is 7. The predicted octanol–water partition coefficient (Wildman–Crippen LogP) is 1.64. The largest absolute Gasteiger partial charge is 0.350 e. The average molecular weight is 328 g/mol. The summed E-state index contributed by atoms with van der Waals surface area (Å²) in [6, 6.07) is 4.75. The summed E-state index contributed by atoms with van der Waals surface area (Å²) < 4.78 is 1.91. The number of anilines is 2. The highest BCUT2D eigenvalue weighted by Crippen LogP contribution is 2.37. The predicted molar refractivity (Wildman–Crippen MR) is 86.9 cm³/mol. The van der Waals surface area contributed by atoms with Gasteiger partial charge in [0.2, 0.25) is 5.65 Å². The minimum atomic E-state index is 0.424. The van der Waals surface area contributed by atoms with E-state index in [2.05, 4.69) is 30.0 Å². The molecule has 116 valence electrons. The SMILES string of the molecule is Clc1ccc(N2CC3CC2CN3c2nccn3cnnc23)nc1. The van der Waals surface area contributed by atoms with E-state index in [1.807, 2.05) is 22.7 Å². The maximum atomic E-state index is 5.93. The van der Waals surface area contributed by atoms with E-state index in [9.17, 15) is 0 Å². The molecule has 0 saturated carbocycles. The number of aromatic nitrogens is 5. The molecule has 2 aliphatic rings. The molecule has 8 heteroatoms. The Morgan fingerprint density at radius 2 is 1.96 bits per heavy atom. The third kappa shape index (κ3) is 1.96. The van der Waals surface area contributed by atoms with Crippen molar-refractivity contribution in [1.29, 1.82) is 0 Å². The molecule has 3 aromatic heterocycles. The maximum absolute atomic E-state index is 5.93. The Morgan fingerprint density at radius 1 is 1.09 bits per heavy atom. The van der Waals surface area contributed by atoms with E-state index in [1.165, 1.54) is 0 Å². The Balaban J connectivity index is 1.44. The molecule has 2 bridgehead atoms. The van der Waals surface area contributed by atoms with Gasteiger partial charge in [0.1, 0.15) is 12.1 Å². The summed E-state index contributed by atoms with van der Waals surface area (Å²) in [7, 11) is 0.